The van der Waals surface area contributed by atoms with Crippen LogP contribution in [0.5, 0.6) is 0 Å². The van der Waals surface area contributed by atoms with E-state index in [-0.39, 0.29) is 5.91 Å². The van der Waals surface area contributed by atoms with E-state index in [1.165, 1.54) is 10.9 Å². The first-order chi connectivity index (χ1) is 12.2. The maximum Gasteiger partial charge on any atom is 0.239 e. The minimum absolute atomic E-state index is 0.00664. The smallest absolute Gasteiger partial charge is 0.239 e. The molecule has 3 heterocycles. The van der Waals surface area contributed by atoms with Gasteiger partial charge in [-0.2, -0.15) is 0 Å². The molecule has 0 aliphatic heterocycles. The number of nitrogens with zero attached hydrogens (tertiary/aromatic N) is 4. The summed E-state index contributed by atoms with van der Waals surface area (Å²) in [6.07, 6.45) is 4.53. The number of nitrogens with one attached hydrogen (secondary N) is 1. The lowest BCUT2D eigenvalue weighted by molar-refractivity contribution is -0.121. The summed E-state index contributed by atoms with van der Waals surface area (Å²) in [6.45, 7) is 2.93. The zero-order valence-electron chi connectivity index (χ0n) is 14.0. The molecular formula is C19H19N5O. The molecule has 0 saturated heterocycles. The average molecular weight is 333 g/mol. The largest absolute Gasteiger partial charge is 0.354 e. The summed E-state index contributed by atoms with van der Waals surface area (Å²) in [4.78, 5) is 12.3. The predicted molar refractivity (Wildman–Crippen MR) is 96.4 cm³/mol. The third-order valence-corrected chi connectivity index (χ3v) is 4.40. The van der Waals surface area contributed by atoms with Crippen LogP contribution < -0.4 is 5.32 Å². The summed E-state index contributed by atoms with van der Waals surface area (Å²) in [5.74, 6) is 0.839. The van der Waals surface area contributed by atoms with E-state index in [2.05, 4.69) is 34.6 Å². The first-order valence-electron chi connectivity index (χ1n) is 8.32. The monoisotopic (exact) mass is 333 g/mol. The molecule has 0 bridgehead atoms. The number of fused-ring (bicyclic) bond motifs is 2. The van der Waals surface area contributed by atoms with Crippen LogP contribution in [0, 0.1) is 6.92 Å². The maximum atomic E-state index is 12.3. The van der Waals surface area contributed by atoms with Crippen LogP contribution >= 0.6 is 0 Å². The molecule has 6 nitrogen and oxygen atoms in total. The Hall–Kier alpha value is -3.15. The highest BCUT2D eigenvalue weighted by molar-refractivity contribution is 5.85. The van der Waals surface area contributed by atoms with Gasteiger partial charge in [0, 0.05) is 36.3 Å². The molecule has 1 aromatic carbocycles. The van der Waals surface area contributed by atoms with Crippen LogP contribution in [-0.2, 0) is 17.8 Å². The van der Waals surface area contributed by atoms with Gasteiger partial charge >= 0.3 is 0 Å². The fourth-order valence-corrected chi connectivity index (χ4v) is 3.10. The molecule has 0 atom stereocenters. The minimum atomic E-state index is -0.00664. The molecule has 0 unspecified atom stereocenters. The highest BCUT2D eigenvalue weighted by atomic mass is 16.1. The molecule has 0 spiro atoms. The van der Waals surface area contributed by atoms with Crippen LogP contribution in [-0.4, -0.2) is 31.6 Å². The van der Waals surface area contributed by atoms with E-state index in [4.69, 9.17) is 0 Å². The molecule has 0 aliphatic rings. The van der Waals surface area contributed by atoms with Crippen LogP contribution in [0.15, 0.2) is 54.9 Å². The molecule has 0 fully saturated rings. The van der Waals surface area contributed by atoms with Crippen LogP contribution in [0.4, 0.5) is 0 Å². The van der Waals surface area contributed by atoms with Gasteiger partial charge in [-0.15, -0.1) is 10.2 Å². The maximum absolute atomic E-state index is 12.3. The summed E-state index contributed by atoms with van der Waals surface area (Å²) in [5, 5.41) is 12.4. The first kappa shape index (κ1) is 15.4. The second kappa shape index (κ2) is 6.39. The Morgan fingerprint density at radius 2 is 2.00 bits per heavy atom. The van der Waals surface area contributed by atoms with E-state index in [9.17, 15) is 4.79 Å². The second-order valence-corrected chi connectivity index (χ2v) is 6.10. The summed E-state index contributed by atoms with van der Waals surface area (Å²) in [7, 11) is 0. The molecule has 3 aromatic heterocycles. The van der Waals surface area contributed by atoms with Crippen LogP contribution in [0.25, 0.3) is 16.6 Å². The van der Waals surface area contributed by atoms with Crippen molar-refractivity contribution in [2.45, 2.75) is 19.9 Å². The number of amides is 1. The van der Waals surface area contributed by atoms with Crippen molar-refractivity contribution in [2.24, 2.45) is 0 Å². The molecule has 1 amide bonds. The predicted octanol–water partition coefficient (Wildman–Crippen LogP) is 2.35. The molecule has 4 rings (SSSR count). The van der Waals surface area contributed by atoms with E-state index < -0.39 is 0 Å². The molecule has 0 aliphatic carbocycles. The molecule has 1 N–H and O–H groups in total. The van der Waals surface area contributed by atoms with Gasteiger partial charge in [-0.05, 0) is 36.8 Å². The Morgan fingerprint density at radius 1 is 1.08 bits per heavy atom. The van der Waals surface area contributed by atoms with Crippen molar-refractivity contribution in [3.05, 3.63) is 66.2 Å². The highest BCUT2D eigenvalue weighted by Crippen LogP contribution is 2.19. The summed E-state index contributed by atoms with van der Waals surface area (Å²) in [5.41, 5.74) is 3.12. The van der Waals surface area contributed by atoms with Gasteiger partial charge in [0.1, 0.15) is 12.4 Å². The summed E-state index contributed by atoms with van der Waals surface area (Å²) < 4.78 is 3.92. The highest BCUT2D eigenvalue weighted by Gasteiger charge is 2.08. The Labute approximate surface area is 145 Å². The van der Waals surface area contributed by atoms with E-state index in [0.29, 0.717) is 19.5 Å². The lowest BCUT2D eigenvalue weighted by atomic mass is 10.1. The number of rotatable bonds is 5. The topological polar surface area (TPSA) is 64.2 Å². The Morgan fingerprint density at radius 3 is 2.92 bits per heavy atom. The summed E-state index contributed by atoms with van der Waals surface area (Å²) in [6, 6.07) is 14.0. The molecular weight excluding hydrogens is 314 g/mol. The van der Waals surface area contributed by atoms with Gasteiger partial charge in [0.25, 0.3) is 0 Å². The van der Waals surface area contributed by atoms with E-state index >= 15 is 0 Å². The van der Waals surface area contributed by atoms with Crippen LogP contribution in [0.3, 0.4) is 0 Å². The lowest BCUT2D eigenvalue weighted by Crippen LogP contribution is -2.29. The first-order valence-corrected chi connectivity index (χ1v) is 8.32. The van der Waals surface area contributed by atoms with Gasteiger partial charge < -0.3 is 9.88 Å². The number of hydrogen-bond acceptors (Lipinski definition) is 3. The van der Waals surface area contributed by atoms with Crippen LogP contribution in [0.2, 0.25) is 0 Å². The van der Waals surface area contributed by atoms with Gasteiger partial charge in [-0.3, -0.25) is 9.20 Å². The van der Waals surface area contributed by atoms with Gasteiger partial charge in [0.15, 0.2) is 5.65 Å². The standard InChI is InChI=1S/C19H19N5O/c1-14-5-4-6-16-15(14)9-12-23(16)13-19(25)20-10-8-18-22-21-17-7-2-3-11-24(17)18/h2-7,9,11-12H,8,10,13H2,1H3,(H,20,25). The number of carbonyl (C=O) groups is 1. The van der Waals surface area contributed by atoms with E-state index in [0.717, 1.165) is 17.0 Å². The molecule has 4 aromatic rings. The van der Waals surface area contributed by atoms with Crippen molar-refractivity contribution in [1.82, 2.24) is 24.5 Å². The number of aromatic nitrogens is 4. The minimum Gasteiger partial charge on any atom is -0.354 e. The molecule has 0 radical (unpaired) electrons. The van der Waals surface area contributed by atoms with Crippen molar-refractivity contribution < 1.29 is 4.79 Å². The molecule has 0 saturated carbocycles. The van der Waals surface area contributed by atoms with Crippen molar-refractivity contribution in [3.8, 4) is 0 Å². The van der Waals surface area contributed by atoms with Crippen molar-refractivity contribution in [1.29, 1.82) is 0 Å². The SMILES string of the molecule is Cc1cccc2c1ccn2CC(=O)NCCc1nnc2ccccn12. The fraction of sp³-hybridized carbons (Fsp3) is 0.211. The lowest BCUT2D eigenvalue weighted by Gasteiger charge is -2.07. The molecule has 126 valence electrons. The molecule has 6 heteroatoms. The van der Waals surface area contributed by atoms with Gasteiger partial charge in [-0.25, -0.2) is 0 Å². The third-order valence-electron chi connectivity index (χ3n) is 4.40. The second-order valence-electron chi connectivity index (χ2n) is 6.10. The van der Waals surface area contributed by atoms with Crippen molar-refractivity contribution in [2.75, 3.05) is 6.54 Å². The number of pyridine rings is 1. The quantitative estimate of drug-likeness (QED) is 0.610. The average Bonchev–Trinajstić information content (AvgIpc) is 3.21. The van der Waals surface area contributed by atoms with Crippen LogP contribution in [0.1, 0.15) is 11.4 Å². The number of carbonyl (C=O) groups excluding carboxylic acids is 1. The Bertz CT molecular complexity index is 1050. The van der Waals surface area contributed by atoms with Crippen molar-refractivity contribution in [3.63, 3.8) is 0 Å². The van der Waals surface area contributed by atoms with Gasteiger partial charge in [-0.1, -0.05) is 18.2 Å². The fourth-order valence-electron chi connectivity index (χ4n) is 3.10. The van der Waals surface area contributed by atoms with E-state index in [1.54, 1.807) is 0 Å². The third kappa shape index (κ3) is 2.98. The Kier molecular flexibility index (Phi) is 3.93. The summed E-state index contributed by atoms with van der Waals surface area (Å²) >= 11 is 0. The van der Waals surface area contributed by atoms with Gasteiger partial charge in [0.2, 0.25) is 5.91 Å². The van der Waals surface area contributed by atoms with E-state index in [1.807, 2.05) is 51.7 Å². The number of hydrogen-bond donors (Lipinski definition) is 1. The molecule has 25 heavy (non-hydrogen) atoms. The van der Waals surface area contributed by atoms with Gasteiger partial charge in [0.05, 0.1) is 0 Å². The number of aryl methyl sites for hydroxylation is 1. The zero-order chi connectivity index (χ0) is 17.2. The van der Waals surface area contributed by atoms with Crippen molar-refractivity contribution >= 4 is 22.5 Å². The Balaban J connectivity index is 1.38. The zero-order valence-corrected chi connectivity index (χ0v) is 14.0. The normalized spacial score (nSPS) is 11.2. The number of benzene rings is 1.